The van der Waals surface area contributed by atoms with E-state index in [1.54, 1.807) is 12.1 Å². The fourth-order valence-electron chi connectivity index (χ4n) is 2.22. The van der Waals surface area contributed by atoms with Gasteiger partial charge in [0.2, 0.25) is 0 Å². The molecule has 0 saturated carbocycles. The summed E-state index contributed by atoms with van der Waals surface area (Å²) in [6.07, 6.45) is 0.729. The number of hydrogen-bond acceptors (Lipinski definition) is 3. The number of rotatable bonds is 4. The Bertz CT molecular complexity index is 619. The normalized spacial score (nSPS) is 10.7. The molecule has 0 saturated heterocycles. The predicted octanol–water partition coefficient (Wildman–Crippen LogP) is 2.59. The summed E-state index contributed by atoms with van der Waals surface area (Å²) in [5.74, 6) is -0.673. The first kappa shape index (κ1) is 13.4. The molecule has 0 radical (unpaired) electrons. The maximum Gasteiger partial charge on any atom is 0.310 e. The number of ether oxygens (including phenoxy) is 2. The summed E-state index contributed by atoms with van der Waals surface area (Å²) in [7, 11) is 2.73. The van der Waals surface area contributed by atoms with E-state index in [4.69, 9.17) is 4.74 Å². The van der Waals surface area contributed by atoms with Gasteiger partial charge in [0.05, 0.1) is 20.6 Å². The third-order valence-electron chi connectivity index (χ3n) is 3.18. The van der Waals surface area contributed by atoms with Crippen molar-refractivity contribution >= 4 is 16.9 Å². The van der Waals surface area contributed by atoms with Gasteiger partial charge in [-0.3, -0.25) is 4.79 Å². The molecule has 5 heteroatoms. The second-order valence-electron chi connectivity index (χ2n) is 4.19. The van der Waals surface area contributed by atoms with Gasteiger partial charge in [-0.25, -0.2) is 4.39 Å². The molecule has 1 N–H and O–H groups in total. The van der Waals surface area contributed by atoms with Crippen molar-refractivity contribution in [2.45, 2.75) is 19.8 Å². The zero-order chi connectivity index (χ0) is 14.0. The summed E-state index contributed by atoms with van der Waals surface area (Å²) >= 11 is 0. The Hall–Kier alpha value is -2.04. The van der Waals surface area contributed by atoms with Crippen LogP contribution in [0.2, 0.25) is 0 Å². The Kier molecular flexibility index (Phi) is 3.74. The minimum atomic E-state index is -0.449. The Morgan fingerprint density at radius 2 is 2.11 bits per heavy atom. The number of aryl methyl sites for hydroxylation is 1. The maximum atomic E-state index is 14.3. The van der Waals surface area contributed by atoms with Crippen molar-refractivity contribution < 1.29 is 18.7 Å². The molecule has 0 atom stereocenters. The van der Waals surface area contributed by atoms with Crippen LogP contribution in [-0.2, 0) is 22.4 Å². The van der Waals surface area contributed by atoms with Gasteiger partial charge in [-0.05, 0) is 24.1 Å². The van der Waals surface area contributed by atoms with E-state index in [0.29, 0.717) is 22.9 Å². The molecule has 4 nitrogen and oxygen atoms in total. The third kappa shape index (κ3) is 2.28. The highest BCUT2D eigenvalue weighted by atomic mass is 19.1. The Balaban J connectivity index is 2.66. The molecule has 1 aromatic carbocycles. The number of carbonyl (C=O) groups is 1. The summed E-state index contributed by atoms with van der Waals surface area (Å²) in [6.45, 7) is 1.95. The van der Waals surface area contributed by atoms with Crippen molar-refractivity contribution in [2.75, 3.05) is 14.2 Å². The fraction of sp³-hybridized carbons (Fsp3) is 0.357. The lowest BCUT2D eigenvalue weighted by molar-refractivity contribution is -0.139. The van der Waals surface area contributed by atoms with Gasteiger partial charge in [-0.2, -0.15) is 0 Å². The van der Waals surface area contributed by atoms with E-state index in [2.05, 4.69) is 9.72 Å². The van der Waals surface area contributed by atoms with E-state index < -0.39 is 11.8 Å². The van der Waals surface area contributed by atoms with Gasteiger partial charge in [-0.1, -0.05) is 6.92 Å². The van der Waals surface area contributed by atoms with E-state index in [1.807, 2.05) is 6.92 Å². The summed E-state index contributed by atoms with van der Waals surface area (Å²) in [6, 6.07) is 3.31. The molecule has 0 bridgehead atoms. The van der Waals surface area contributed by atoms with E-state index in [1.165, 1.54) is 14.2 Å². The molecule has 0 aliphatic rings. The highest BCUT2D eigenvalue weighted by Crippen LogP contribution is 2.31. The number of aromatic amines is 1. The highest BCUT2D eigenvalue weighted by molar-refractivity contribution is 5.90. The first-order valence-electron chi connectivity index (χ1n) is 6.05. The molecular formula is C14H16FNO3. The number of benzene rings is 1. The van der Waals surface area contributed by atoms with Gasteiger partial charge >= 0.3 is 5.97 Å². The first-order chi connectivity index (χ1) is 9.12. The summed E-state index contributed by atoms with van der Waals surface area (Å²) in [5, 5.41) is 0.404. The van der Waals surface area contributed by atoms with Crippen molar-refractivity contribution in [2.24, 2.45) is 0 Å². The van der Waals surface area contributed by atoms with E-state index in [0.717, 1.165) is 5.69 Å². The molecule has 1 aromatic heterocycles. The number of carbonyl (C=O) groups excluding carboxylic acids is 1. The summed E-state index contributed by atoms with van der Waals surface area (Å²) in [4.78, 5) is 14.6. The second-order valence-corrected chi connectivity index (χ2v) is 4.19. The number of esters is 1. The van der Waals surface area contributed by atoms with Crippen molar-refractivity contribution in [1.82, 2.24) is 4.98 Å². The lowest BCUT2D eigenvalue weighted by Gasteiger charge is -2.05. The predicted molar refractivity (Wildman–Crippen MR) is 69.9 cm³/mol. The van der Waals surface area contributed by atoms with Crippen molar-refractivity contribution in [1.29, 1.82) is 0 Å². The minimum absolute atomic E-state index is 0.0454. The molecule has 0 fully saturated rings. The Labute approximate surface area is 110 Å². The minimum Gasteiger partial charge on any atom is -0.494 e. The molecule has 0 amide bonds. The fourth-order valence-corrected chi connectivity index (χ4v) is 2.22. The number of aromatic nitrogens is 1. The standard InChI is InChI=1S/C14H16FNO3/c1-4-9-8(7-12(17)19-3)13-10(16-9)5-6-11(18-2)14(13)15/h5-6,16H,4,7H2,1-3H3. The van der Waals surface area contributed by atoms with E-state index >= 15 is 0 Å². The molecule has 102 valence electrons. The van der Waals surface area contributed by atoms with Crippen LogP contribution < -0.4 is 4.74 Å². The van der Waals surface area contributed by atoms with Crippen LogP contribution in [0.3, 0.4) is 0 Å². The number of H-pyrrole nitrogens is 1. The molecular weight excluding hydrogens is 249 g/mol. The van der Waals surface area contributed by atoms with Gasteiger partial charge in [0.15, 0.2) is 11.6 Å². The summed E-state index contributed by atoms with van der Waals surface area (Å²) in [5.41, 5.74) is 2.14. The molecule has 2 rings (SSSR count). The topological polar surface area (TPSA) is 51.3 Å². The van der Waals surface area contributed by atoms with Crippen molar-refractivity contribution in [3.63, 3.8) is 0 Å². The monoisotopic (exact) mass is 265 g/mol. The first-order valence-corrected chi connectivity index (χ1v) is 6.05. The molecule has 19 heavy (non-hydrogen) atoms. The molecule has 0 aliphatic carbocycles. The van der Waals surface area contributed by atoms with Gasteiger partial charge in [0, 0.05) is 16.6 Å². The van der Waals surface area contributed by atoms with Gasteiger partial charge < -0.3 is 14.5 Å². The second kappa shape index (κ2) is 5.30. The van der Waals surface area contributed by atoms with Gasteiger partial charge in [-0.15, -0.1) is 0 Å². The van der Waals surface area contributed by atoms with Gasteiger partial charge in [0.25, 0.3) is 0 Å². The van der Waals surface area contributed by atoms with Crippen LogP contribution in [0.5, 0.6) is 5.75 Å². The molecule has 1 heterocycles. The van der Waals surface area contributed by atoms with Crippen LogP contribution in [0, 0.1) is 5.82 Å². The largest absolute Gasteiger partial charge is 0.494 e. The molecule has 2 aromatic rings. The molecule has 0 unspecified atom stereocenters. The third-order valence-corrected chi connectivity index (χ3v) is 3.18. The lowest BCUT2D eigenvalue weighted by Crippen LogP contribution is -2.06. The Morgan fingerprint density at radius 3 is 2.68 bits per heavy atom. The number of fused-ring (bicyclic) bond motifs is 1. The number of methoxy groups -OCH3 is 2. The zero-order valence-electron chi connectivity index (χ0n) is 11.2. The average molecular weight is 265 g/mol. The quantitative estimate of drug-likeness (QED) is 0.864. The summed E-state index contributed by atoms with van der Waals surface area (Å²) < 4.78 is 24.0. The lowest BCUT2D eigenvalue weighted by atomic mass is 10.1. The van der Waals surface area contributed by atoms with Crippen LogP contribution in [0.25, 0.3) is 10.9 Å². The Morgan fingerprint density at radius 1 is 1.37 bits per heavy atom. The van der Waals surface area contributed by atoms with Crippen LogP contribution in [0.4, 0.5) is 4.39 Å². The van der Waals surface area contributed by atoms with Crippen LogP contribution in [0.15, 0.2) is 12.1 Å². The average Bonchev–Trinajstić information content (AvgIpc) is 2.77. The van der Waals surface area contributed by atoms with E-state index in [-0.39, 0.29) is 12.2 Å². The number of halogens is 1. The van der Waals surface area contributed by atoms with Crippen molar-refractivity contribution in [3.05, 3.63) is 29.2 Å². The van der Waals surface area contributed by atoms with Crippen LogP contribution in [-0.4, -0.2) is 25.2 Å². The van der Waals surface area contributed by atoms with Crippen LogP contribution >= 0.6 is 0 Å². The maximum absolute atomic E-state index is 14.3. The molecule has 0 aliphatic heterocycles. The van der Waals surface area contributed by atoms with Crippen LogP contribution in [0.1, 0.15) is 18.2 Å². The van der Waals surface area contributed by atoms with E-state index in [9.17, 15) is 9.18 Å². The van der Waals surface area contributed by atoms with Gasteiger partial charge in [0.1, 0.15) is 0 Å². The number of hydrogen-bond donors (Lipinski definition) is 1. The van der Waals surface area contributed by atoms with Crippen molar-refractivity contribution in [3.8, 4) is 5.75 Å². The smallest absolute Gasteiger partial charge is 0.310 e. The zero-order valence-corrected chi connectivity index (χ0v) is 11.2. The SMILES string of the molecule is CCc1[nH]c2ccc(OC)c(F)c2c1CC(=O)OC. The molecule has 0 spiro atoms. The number of nitrogens with one attached hydrogen (secondary N) is 1. The highest BCUT2D eigenvalue weighted by Gasteiger charge is 2.19.